The summed E-state index contributed by atoms with van der Waals surface area (Å²) in [6.45, 7) is 0. The predicted molar refractivity (Wildman–Crippen MR) is 84.0 cm³/mol. The third kappa shape index (κ3) is 4.34. The zero-order valence-electron chi connectivity index (χ0n) is 11.4. The summed E-state index contributed by atoms with van der Waals surface area (Å²) in [5.74, 6) is -0.411. The van der Waals surface area contributed by atoms with Gasteiger partial charge in [0.25, 0.3) is 0 Å². The molecule has 1 aromatic carbocycles. The number of benzene rings is 1. The highest BCUT2D eigenvalue weighted by atomic mass is 35.5. The summed E-state index contributed by atoms with van der Waals surface area (Å²) in [5.41, 5.74) is 4.14. The van der Waals surface area contributed by atoms with E-state index in [0.717, 1.165) is 0 Å². The maximum atomic E-state index is 12.6. The molecule has 1 aromatic heterocycles. The van der Waals surface area contributed by atoms with Gasteiger partial charge in [-0.3, -0.25) is 0 Å². The van der Waals surface area contributed by atoms with Gasteiger partial charge in [-0.25, -0.2) is 9.78 Å². The van der Waals surface area contributed by atoms with Crippen LogP contribution in [-0.2, 0) is 6.18 Å². The Hall–Kier alpha value is -1.90. The Morgan fingerprint density at radius 3 is 2.17 bits per heavy atom. The lowest BCUT2D eigenvalue weighted by atomic mass is 10.3. The Kier molecular flexibility index (Phi) is 5.32. The Morgan fingerprint density at radius 2 is 1.71 bits per heavy atom. The van der Waals surface area contributed by atoms with Gasteiger partial charge in [-0.2, -0.15) is 13.2 Å². The molecule has 0 bridgehead atoms. The van der Waals surface area contributed by atoms with Gasteiger partial charge in [0.1, 0.15) is 5.02 Å². The number of amides is 2. The highest BCUT2D eigenvalue weighted by Gasteiger charge is 2.32. The molecule has 0 radical (unpaired) electrons. The molecule has 0 saturated heterocycles. The topological polar surface area (TPSA) is 77.2 Å². The van der Waals surface area contributed by atoms with E-state index in [9.17, 15) is 18.0 Å². The standard InChI is InChI=1S/C13H7Cl3F3N3O2/c14-7-2-6(22-12(20)23)3-8(15)10(7)24-11-9(16)1-5(4-21-11)13(17,18)19/h1-4H,(H3,20,22,23). The molecule has 0 spiro atoms. The number of anilines is 1. The average Bonchev–Trinajstić information content (AvgIpc) is 2.42. The summed E-state index contributed by atoms with van der Waals surface area (Å²) >= 11 is 17.7. The van der Waals surface area contributed by atoms with E-state index in [-0.39, 0.29) is 32.4 Å². The fourth-order valence-electron chi connectivity index (χ4n) is 1.62. The van der Waals surface area contributed by atoms with Crippen molar-refractivity contribution in [3.05, 3.63) is 45.0 Å². The lowest BCUT2D eigenvalue weighted by molar-refractivity contribution is -0.137. The number of carbonyl (C=O) groups is 1. The predicted octanol–water partition coefficient (Wildman–Crippen LogP) is 5.34. The van der Waals surface area contributed by atoms with Crippen LogP contribution in [-0.4, -0.2) is 11.0 Å². The number of nitrogens with two attached hydrogens (primary N) is 1. The molecule has 24 heavy (non-hydrogen) atoms. The summed E-state index contributed by atoms with van der Waals surface area (Å²) in [6.07, 6.45) is -4.03. The third-order valence-corrected chi connectivity index (χ3v) is 3.43. The van der Waals surface area contributed by atoms with Crippen LogP contribution in [0.1, 0.15) is 5.56 Å². The Balaban J connectivity index is 2.33. The van der Waals surface area contributed by atoms with Gasteiger partial charge in [0, 0.05) is 11.9 Å². The largest absolute Gasteiger partial charge is 0.434 e. The summed E-state index contributed by atoms with van der Waals surface area (Å²) in [6, 6.07) is 2.40. The summed E-state index contributed by atoms with van der Waals surface area (Å²) in [4.78, 5) is 14.3. The van der Waals surface area contributed by atoms with Gasteiger partial charge in [-0.15, -0.1) is 0 Å². The SMILES string of the molecule is NC(=O)Nc1cc(Cl)c(Oc2ncc(C(F)(F)F)cc2Cl)c(Cl)c1. The number of nitrogens with one attached hydrogen (secondary N) is 1. The highest BCUT2D eigenvalue weighted by molar-refractivity contribution is 6.38. The van der Waals surface area contributed by atoms with Crippen LogP contribution in [0.15, 0.2) is 24.4 Å². The number of rotatable bonds is 3. The number of halogens is 6. The number of aromatic nitrogens is 1. The van der Waals surface area contributed by atoms with Crippen LogP contribution in [0.3, 0.4) is 0 Å². The van der Waals surface area contributed by atoms with Crippen molar-refractivity contribution < 1.29 is 22.7 Å². The minimum atomic E-state index is -4.59. The number of hydrogen-bond acceptors (Lipinski definition) is 3. The first-order chi connectivity index (χ1) is 11.1. The van der Waals surface area contributed by atoms with E-state index in [1.54, 1.807) is 0 Å². The van der Waals surface area contributed by atoms with E-state index in [4.69, 9.17) is 45.3 Å². The van der Waals surface area contributed by atoms with Gasteiger partial charge in [0.15, 0.2) is 5.75 Å². The maximum absolute atomic E-state index is 12.6. The van der Waals surface area contributed by atoms with Gasteiger partial charge in [-0.05, 0) is 18.2 Å². The number of alkyl halides is 3. The Bertz CT molecular complexity index is 777. The first-order valence-electron chi connectivity index (χ1n) is 6.04. The van der Waals surface area contributed by atoms with Crippen LogP contribution in [0.5, 0.6) is 11.6 Å². The number of pyridine rings is 1. The molecule has 0 unspecified atom stereocenters. The van der Waals surface area contributed by atoms with Crippen LogP contribution >= 0.6 is 34.8 Å². The van der Waals surface area contributed by atoms with E-state index in [0.29, 0.717) is 12.3 Å². The molecular formula is C13H7Cl3F3N3O2. The Morgan fingerprint density at radius 1 is 1.12 bits per heavy atom. The molecule has 2 aromatic rings. The Labute approximate surface area is 148 Å². The minimum absolute atomic E-state index is 0.0379. The molecule has 3 N–H and O–H groups in total. The van der Waals surface area contributed by atoms with E-state index >= 15 is 0 Å². The molecule has 0 atom stereocenters. The van der Waals surface area contributed by atoms with E-state index in [2.05, 4.69) is 10.3 Å². The smallest absolute Gasteiger partial charge is 0.417 e. The number of hydrogen-bond donors (Lipinski definition) is 2. The summed E-state index contributed by atoms with van der Waals surface area (Å²) < 4.78 is 43.0. The van der Waals surface area contributed by atoms with Gasteiger partial charge in [0.05, 0.1) is 15.6 Å². The van der Waals surface area contributed by atoms with Crippen LogP contribution in [0.25, 0.3) is 0 Å². The van der Waals surface area contributed by atoms with Gasteiger partial charge >= 0.3 is 12.2 Å². The van der Waals surface area contributed by atoms with Crippen LogP contribution < -0.4 is 15.8 Å². The zero-order valence-corrected chi connectivity index (χ0v) is 13.7. The quantitative estimate of drug-likeness (QED) is 0.730. The monoisotopic (exact) mass is 399 g/mol. The van der Waals surface area contributed by atoms with E-state index < -0.39 is 17.8 Å². The normalized spacial score (nSPS) is 11.2. The van der Waals surface area contributed by atoms with Crippen molar-refractivity contribution >= 4 is 46.5 Å². The number of nitrogens with zero attached hydrogens (tertiary/aromatic N) is 1. The molecule has 0 aliphatic carbocycles. The number of urea groups is 1. The second kappa shape index (κ2) is 6.92. The first-order valence-corrected chi connectivity index (χ1v) is 7.17. The minimum Gasteiger partial charge on any atom is -0.434 e. The van der Waals surface area contributed by atoms with Crippen molar-refractivity contribution in [2.24, 2.45) is 5.73 Å². The van der Waals surface area contributed by atoms with Gasteiger partial charge in [-0.1, -0.05) is 34.8 Å². The fraction of sp³-hybridized carbons (Fsp3) is 0.0769. The number of carbonyl (C=O) groups excluding carboxylic acids is 1. The average molecular weight is 401 g/mol. The summed E-state index contributed by atoms with van der Waals surface area (Å²) in [7, 11) is 0. The molecule has 1 heterocycles. The van der Waals surface area contributed by atoms with Crippen LogP contribution in [0, 0.1) is 0 Å². The molecule has 11 heteroatoms. The van der Waals surface area contributed by atoms with E-state index in [1.807, 2.05) is 0 Å². The van der Waals surface area contributed by atoms with Crippen molar-refractivity contribution in [1.29, 1.82) is 0 Å². The lowest BCUT2D eigenvalue weighted by Gasteiger charge is -2.13. The third-order valence-electron chi connectivity index (χ3n) is 2.60. The molecule has 2 rings (SSSR count). The molecule has 5 nitrogen and oxygen atoms in total. The van der Waals surface area contributed by atoms with Crippen molar-refractivity contribution in [3.8, 4) is 11.6 Å². The van der Waals surface area contributed by atoms with Crippen molar-refractivity contribution in [2.45, 2.75) is 6.18 Å². The van der Waals surface area contributed by atoms with Crippen molar-refractivity contribution in [3.63, 3.8) is 0 Å². The number of ether oxygens (including phenoxy) is 1. The fourth-order valence-corrected chi connectivity index (χ4v) is 2.39. The number of primary amides is 1. The molecule has 0 saturated carbocycles. The first kappa shape index (κ1) is 18.4. The van der Waals surface area contributed by atoms with E-state index in [1.165, 1.54) is 12.1 Å². The molecule has 128 valence electrons. The summed E-state index contributed by atoms with van der Waals surface area (Å²) in [5, 5.41) is 1.81. The van der Waals surface area contributed by atoms with Crippen LogP contribution in [0.2, 0.25) is 15.1 Å². The van der Waals surface area contributed by atoms with Gasteiger partial charge < -0.3 is 15.8 Å². The van der Waals surface area contributed by atoms with Crippen molar-refractivity contribution in [2.75, 3.05) is 5.32 Å². The maximum Gasteiger partial charge on any atom is 0.417 e. The zero-order chi connectivity index (χ0) is 18.1. The lowest BCUT2D eigenvalue weighted by Crippen LogP contribution is -2.19. The second-order valence-electron chi connectivity index (χ2n) is 4.37. The molecule has 0 aliphatic heterocycles. The molecule has 2 amide bonds. The second-order valence-corrected chi connectivity index (χ2v) is 5.59. The molecule has 0 fully saturated rings. The van der Waals surface area contributed by atoms with Crippen LogP contribution in [0.4, 0.5) is 23.7 Å². The molecular weight excluding hydrogens is 394 g/mol. The van der Waals surface area contributed by atoms with Crippen molar-refractivity contribution in [1.82, 2.24) is 4.98 Å². The van der Waals surface area contributed by atoms with Gasteiger partial charge in [0.2, 0.25) is 5.88 Å². The highest BCUT2D eigenvalue weighted by Crippen LogP contribution is 2.41. The molecule has 0 aliphatic rings.